The number of hydrogen-bond acceptors (Lipinski definition) is 3. The van der Waals surface area contributed by atoms with E-state index in [1.165, 1.54) is 18.2 Å². The van der Waals surface area contributed by atoms with E-state index in [4.69, 9.17) is 0 Å². The van der Waals surface area contributed by atoms with E-state index in [0.717, 1.165) is 16.3 Å². The van der Waals surface area contributed by atoms with Gasteiger partial charge >= 0.3 is 6.18 Å². The quantitative estimate of drug-likeness (QED) is 0.587. The Labute approximate surface area is 175 Å². The number of rotatable bonds is 6. The summed E-state index contributed by atoms with van der Waals surface area (Å²) in [6.07, 6.45) is -4.52. The molecule has 0 bridgehead atoms. The van der Waals surface area contributed by atoms with Gasteiger partial charge in [-0.05, 0) is 43.5 Å². The molecule has 3 aromatic rings. The molecule has 2 heterocycles. The summed E-state index contributed by atoms with van der Waals surface area (Å²) < 4.78 is 39.2. The second-order valence-corrected chi connectivity index (χ2v) is 7.78. The molecule has 158 valence electrons. The summed E-state index contributed by atoms with van der Waals surface area (Å²) >= 11 is 1.62. The molecule has 0 unspecified atom stereocenters. The first-order valence-corrected chi connectivity index (χ1v) is 9.98. The number of carbonyl (C=O) groups excluding carboxylic acids is 2. The van der Waals surface area contributed by atoms with Gasteiger partial charge in [-0.2, -0.15) is 13.2 Å². The van der Waals surface area contributed by atoms with Gasteiger partial charge in [-0.3, -0.25) is 9.59 Å². The summed E-state index contributed by atoms with van der Waals surface area (Å²) in [5, 5.41) is 6.46. The lowest BCUT2D eigenvalue weighted by molar-refractivity contribution is -0.123. The zero-order valence-corrected chi connectivity index (χ0v) is 17.2. The predicted octanol–water partition coefficient (Wildman–Crippen LogP) is 4.76. The maximum absolute atomic E-state index is 12.9. The van der Waals surface area contributed by atoms with Gasteiger partial charge in [0.25, 0.3) is 11.8 Å². The summed E-state index contributed by atoms with van der Waals surface area (Å²) in [5.74, 6) is -1.34. The van der Waals surface area contributed by atoms with Gasteiger partial charge in [-0.25, -0.2) is 0 Å². The molecule has 0 spiro atoms. The van der Waals surface area contributed by atoms with Crippen molar-refractivity contribution >= 4 is 28.8 Å². The number of benzene rings is 1. The van der Waals surface area contributed by atoms with Crippen LogP contribution in [-0.4, -0.2) is 29.1 Å². The van der Waals surface area contributed by atoms with Gasteiger partial charge in [0.2, 0.25) is 0 Å². The molecule has 0 radical (unpaired) electrons. The Bertz CT molecular complexity index is 1060. The van der Waals surface area contributed by atoms with Crippen LogP contribution >= 0.6 is 11.3 Å². The number of anilines is 1. The molecule has 0 aliphatic carbocycles. The summed E-state index contributed by atoms with van der Waals surface area (Å²) in [4.78, 5) is 26.2. The lowest BCUT2D eigenvalue weighted by Crippen LogP contribution is -2.34. The number of nitrogens with zero attached hydrogens (tertiary/aromatic N) is 1. The van der Waals surface area contributed by atoms with Gasteiger partial charge in [-0.15, -0.1) is 11.3 Å². The van der Waals surface area contributed by atoms with E-state index in [-0.39, 0.29) is 11.3 Å². The van der Waals surface area contributed by atoms with Crippen molar-refractivity contribution in [1.29, 1.82) is 0 Å². The molecule has 2 N–H and O–H groups in total. The first-order valence-electron chi connectivity index (χ1n) is 9.10. The molecule has 2 amide bonds. The number of nitrogens with one attached hydrogen (secondary N) is 2. The largest absolute Gasteiger partial charge is 0.405 e. The average molecular weight is 435 g/mol. The minimum absolute atomic E-state index is 0.0394. The maximum Gasteiger partial charge on any atom is 0.405 e. The third-order valence-corrected chi connectivity index (χ3v) is 5.44. The molecule has 0 fully saturated rings. The topological polar surface area (TPSA) is 63.1 Å². The molecule has 0 aliphatic rings. The number of aromatic nitrogens is 1. The highest BCUT2D eigenvalue weighted by molar-refractivity contribution is 7.09. The molecule has 0 saturated heterocycles. The number of halogens is 3. The molecule has 0 saturated carbocycles. The van der Waals surface area contributed by atoms with Crippen molar-refractivity contribution in [2.45, 2.75) is 26.6 Å². The highest BCUT2D eigenvalue weighted by atomic mass is 32.1. The minimum atomic E-state index is -4.52. The zero-order valence-electron chi connectivity index (χ0n) is 16.3. The van der Waals surface area contributed by atoms with Crippen LogP contribution in [0.3, 0.4) is 0 Å². The van der Waals surface area contributed by atoms with Crippen molar-refractivity contribution in [1.82, 2.24) is 9.88 Å². The van der Waals surface area contributed by atoms with Gasteiger partial charge in [0, 0.05) is 16.3 Å². The molecule has 1 aromatic carbocycles. The molecule has 0 atom stereocenters. The number of para-hydroxylation sites is 1. The normalized spacial score (nSPS) is 11.4. The van der Waals surface area contributed by atoms with Gasteiger partial charge in [0.1, 0.15) is 6.54 Å². The van der Waals surface area contributed by atoms with Crippen molar-refractivity contribution in [3.8, 4) is 0 Å². The molecule has 5 nitrogen and oxygen atoms in total. The lowest BCUT2D eigenvalue weighted by Gasteiger charge is -2.13. The van der Waals surface area contributed by atoms with Crippen LogP contribution in [0.4, 0.5) is 18.9 Å². The number of alkyl halides is 3. The second-order valence-electron chi connectivity index (χ2n) is 6.75. The highest BCUT2D eigenvalue weighted by Gasteiger charge is 2.28. The fourth-order valence-corrected chi connectivity index (χ4v) is 3.78. The van der Waals surface area contributed by atoms with Crippen LogP contribution in [-0.2, 0) is 6.54 Å². The van der Waals surface area contributed by atoms with Gasteiger partial charge < -0.3 is 15.2 Å². The van der Waals surface area contributed by atoms with Crippen molar-refractivity contribution in [3.63, 3.8) is 0 Å². The maximum atomic E-state index is 12.9. The van der Waals surface area contributed by atoms with Gasteiger partial charge in [0.05, 0.1) is 23.4 Å². The molecule has 9 heteroatoms. The van der Waals surface area contributed by atoms with E-state index in [1.54, 1.807) is 23.5 Å². The van der Waals surface area contributed by atoms with Crippen LogP contribution in [0.15, 0.2) is 47.8 Å². The van der Waals surface area contributed by atoms with E-state index in [1.807, 2.05) is 41.2 Å². The SMILES string of the molecule is Cc1cc(C(=O)Nc2ccccc2C(=O)NCC(F)(F)F)c(C)n1Cc1cccs1. The Hall–Kier alpha value is -3.07. The molecule has 0 aliphatic heterocycles. The van der Waals surface area contributed by atoms with Gasteiger partial charge in [-0.1, -0.05) is 18.2 Å². The number of amides is 2. The third kappa shape index (κ3) is 5.10. The lowest BCUT2D eigenvalue weighted by atomic mass is 10.1. The second kappa shape index (κ2) is 8.74. The van der Waals surface area contributed by atoms with E-state index < -0.39 is 24.5 Å². The smallest absolute Gasteiger partial charge is 0.343 e. The Balaban J connectivity index is 1.79. The monoisotopic (exact) mass is 435 g/mol. The van der Waals surface area contributed by atoms with Crippen molar-refractivity contribution in [3.05, 3.63) is 75.2 Å². The predicted molar refractivity (Wildman–Crippen MR) is 110 cm³/mol. The van der Waals surface area contributed by atoms with Gasteiger partial charge in [0.15, 0.2) is 0 Å². The van der Waals surface area contributed by atoms with Crippen LogP contribution < -0.4 is 10.6 Å². The summed E-state index contributed by atoms with van der Waals surface area (Å²) in [7, 11) is 0. The Kier molecular flexibility index (Phi) is 6.31. The van der Waals surface area contributed by atoms with E-state index in [2.05, 4.69) is 5.32 Å². The minimum Gasteiger partial charge on any atom is -0.343 e. The van der Waals surface area contributed by atoms with Crippen LogP contribution in [0, 0.1) is 13.8 Å². The average Bonchev–Trinajstić information content (AvgIpc) is 3.30. The first-order chi connectivity index (χ1) is 14.2. The summed E-state index contributed by atoms with van der Waals surface area (Å²) in [5.41, 5.74) is 2.21. The number of carbonyl (C=O) groups is 2. The fraction of sp³-hybridized carbons (Fsp3) is 0.238. The molecule has 30 heavy (non-hydrogen) atoms. The van der Waals surface area contributed by atoms with Crippen LogP contribution in [0.5, 0.6) is 0 Å². The number of hydrogen-bond donors (Lipinski definition) is 2. The fourth-order valence-electron chi connectivity index (χ4n) is 3.09. The van der Waals surface area contributed by atoms with Crippen LogP contribution in [0.2, 0.25) is 0 Å². The van der Waals surface area contributed by atoms with Crippen LogP contribution in [0.1, 0.15) is 37.0 Å². The van der Waals surface area contributed by atoms with Crippen molar-refractivity contribution < 1.29 is 22.8 Å². The Morgan fingerprint density at radius 2 is 1.77 bits per heavy atom. The van der Waals surface area contributed by atoms with E-state index >= 15 is 0 Å². The molecular formula is C21H20F3N3O2S. The summed E-state index contributed by atoms with van der Waals surface area (Å²) in [6.45, 7) is 2.92. The first kappa shape index (κ1) is 21.6. The van der Waals surface area contributed by atoms with Crippen LogP contribution in [0.25, 0.3) is 0 Å². The van der Waals surface area contributed by atoms with E-state index in [9.17, 15) is 22.8 Å². The highest BCUT2D eigenvalue weighted by Crippen LogP contribution is 2.22. The zero-order chi connectivity index (χ0) is 21.9. The number of aryl methyl sites for hydroxylation is 1. The standard InChI is InChI=1S/C21H20F3N3O2S/c1-13-10-17(14(2)27(13)11-15-6-5-9-30-15)20(29)26-18-8-4-3-7-16(18)19(28)25-12-21(22,23)24/h3-10H,11-12H2,1-2H3,(H,25,28)(H,26,29). The molecule has 2 aromatic heterocycles. The van der Waals surface area contributed by atoms with Crippen molar-refractivity contribution in [2.75, 3.05) is 11.9 Å². The van der Waals surface area contributed by atoms with E-state index in [0.29, 0.717) is 12.1 Å². The number of thiophene rings is 1. The summed E-state index contributed by atoms with van der Waals surface area (Å²) in [6, 6.07) is 11.7. The van der Waals surface area contributed by atoms with Crippen molar-refractivity contribution in [2.24, 2.45) is 0 Å². The Morgan fingerprint density at radius 3 is 2.43 bits per heavy atom. The molecule has 3 rings (SSSR count). The third-order valence-electron chi connectivity index (χ3n) is 4.58. The molecular weight excluding hydrogens is 415 g/mol. The Morgan fingerprint density at radius 1 is 1.03 bits per heavy atom.